The zero-order chi connectivity index (χ0) is 13.8. The third-order valence-corrected chi connectivity index (χ3v) is 3.20. The average Bonchev–Trinajstić information content (AvgIpc) is 2.40. The molecule has 0 radical (unpaired) electrons. The van der Waals surface area contributed by atoms with Crippen LogP contribution in [0.2, 0.25) is 5.02 Å². The Bertz CT molecular complexity index is 584. The number of carbonyl (C=O) groups is 1. The van der Waals surface area contributed by atoms with Crippen LogP contribution in [0.1, 0.15) is 17.3 Å². The SMILES string of the molecule is CCN(c1ccccc1)c1cccc(Cl)c1C(=O)O. The molecule has 0 unspecified atom stereocenters. The highest BCUT2D eigenvalue weighted by molar-refractivity contribution is 6.34. The molecule has 0 aliphatic heterocycles. The molecule has 0 atom stereocenters. The van der Waals surface area contributed by atoms with Crippen LogP contribution in [-0.2, 0) is 0 Å². The molecule has 2 aromatic rings. The third kappa shape index (κ3) is 2.71. The second kappa shape index (κ2) is 5.76. The number of para-hydroxylation sites is 1. The summed E-state index contributed by atoms with van der Waals surface area (Å²) in [6.07, 6.45) is 0. The van der Waals surface area contributed by atoms with Crippen molar-refractivity contribution < 1.29 is 9.90 Å². The lowest BCUT2D eigenvalue weighted by Crippen LogP contribution is -2.19. The minimum absolute atomic E-state index is 0.134. The highest BCUT2D eigenvalue weighted by atomic mass is 35.5. The van der Waals surface area contributed by atoms with Gasteiger partial charge in [-0.1, -0.05) is 35.9 Å². The Morgan fingerprint density at radius 1 is 1.16 bits per heavy atom. The fourth-order valence-corrected chi connectivity index (χ4v) is 2.30. The first-order chi connectivity index (χ1) is 9.15. The predicted molar refractivity (Wildman–Crippen MR) is 77.5 cm³/mol. The van der Waals surface area contributed by atoms with Crippen LogP contribution in [0.4, 0.5) is 11.4 Å². The summed E-state index contributed by atoms with van der Waals surface area (Å²) in [5.41, 5.74) is 1.68. The van der Waals surface area contributed by atoms with E-state index in [9.17, 15) is 9.90 Å². The van der Waals surface area contributed by atoms with Crippen LogP contribution in [0.15, 0.2) is 48.5 Å². The van der Waals surface area contributed by atoms with Gasteiger partial charge in [0.15, 0.2) is 0 Å². The molecule has 4 heteroatoms. The van der Waals surface area contributed by atoms with E-state index >= 15 is 0 Å². The van der Waals surface area contributed by atoms with Gasteiger partial charge in [-0.15, -0.1) is 0 Å². The van der Waals surface area contributed by atoms with Gasteiger partial charge in [0.05, 0.1) is 10.7 Å². The zero-order valence-electron chi connectivity index (χ0n) is 10.5. The molecule has 0 aliphatic carbocycles. The molecule has 0 bridgehead atoms. The second-order valence-electron chi connectivity index (χ2n) is 4.02. The molecule has 0 aromatic heterocycles. The first-order valence-electron chi connectivity index (χ1n) is 5.99. The van der Waals surface area contributed by atoms with Gasteiger partial charge >= 0.3 is 5.97 Å². The number of hydrogen-bond donors (Lipinski definition) is 1. The smallest absolute Gasteiger partial charge is 0.339 e. The van der Waals surface area contributed by atoms with E-state index in [-0.39, 0.29) is 10.6 Å². The lowest BCUT2D eigenvalue weighted by molar-refractivity contribution is 0.0698. The van der Waals surface area contributed by atoms with Crippen molar-refractivity contribution in [1.82, 2.24) is 0 Å². The molecule has 3 nitrogen and oxygen atoms in total. The molecule has 0 saturated heterocycles. The first-order valence-corrected chi connectivity index (χ1v) is 6.37. The number of halogens is 1. The van der Waals surface area contributed by atoms with E-state index in [1.165, 1.54) is 0 Å². The Kier molecular flexibility index (Phi) is 4.07. The number of rotatable bonds is 4. The monoisotopic (exact) mass is 275 g/mol. The summed E-state index contributed by atoms with van der Waals surface area (Å²) in [6.45, 7) is 2.63. The van der Waals surface area contributed by atoms with Gasteiger partial charge in [0.2, 0.25) is 0 Å². The Labute approximate surface area is 117 Å². The van der Waals surface area contributed by atoms with E-state index in [1.807, 2.05) is 42.2 Å². The normalized spacial score (nSPS) is 10.2. The second-order valence-corrected chi connectivity index (χ2v) is 4.43. The minimum atomic E-state index is -1.02. The van der Waals surface area contributed by atoms with Crippen molar-refractivity contribution in [1.29, 1.82) is 0 Å². The van der Waals surface area contributed by atoms with Gasteiger partial charge in [0.1, 0.15) is 5.56 Å². The summed E-state index contributed by atoms with van der Waals surface area (Å²) in [5, 5.41) is 9.58. The number of aromatic carboxylic acids is 1. The van der Waals surface area contributed by atoms with E-state index in [0.717, 1.165) is 5.69 Å². The Morgan fingerprint density at radius 2 is 1.84 bits per heavy atom. The summed E-state index contributed by atoms with van der Waals surface area (Å²) in [6, 6.07) is 14.8. The van der Waals surface area contributed by atoms with Crippen molar-refractivity contribution >= 4 is 28.9 Å². The van der Waals surface area contributed by atoms with E-state index in [1.54, 1.807) is 18.2 Å². The highest BCUT2D eigenvalue weighted by Crippen LogP contribution is 2.32. The van der Waals surface area contributed by atoms with E-state index in [2.05, 4.69) is 0 Å². The summed E-state index contributed by atoms with van der Waals surface area (Å²) in [5.74, 6) is -1.02. The molecule has 0 amide bonds. The van der Waals surface area contributed by atoms with Gasteiger partial charge in [0.25, 0.3) is 0 Å². The first kappa shape index (κ1) is 13.4. The number of hydrogen-bond acceptors (Lipinski definition) is 2. The molecule has 0 spiro atoms. The van der Waals surface area contributed by atoms with E-state index < -0.39 is 5.97 Å². The Hall–Kier alpha value is -2.00. The van der Waals surface area contributed by atoms with Crippen molar-refractivity contribution in [3.63, 3.8) is 0 Å². The fourth-order valence-electron chi connectivity index (χ4n) is 2.05. The average molecular weight is 276 g/mol. The molecule has 0 heterocycles. The summed E-state index contributed by atoms with van der Waals surface area (Å²) in [7, 11) is 0. The molecule has 2 rings (SSSR count). The van der Waals surface area contributed by atoms with Crippen LogP contribution < -0.4 is 4.90 Å². The third-order valence-electron chi connectivity index (χ3n) is 2.88. The standard InChI is InChI=1S/C15H14ClNO2/c1-2-17(11-7-4-3-5-8-11)13-10-6-9-12(16)14(13)15(18)19/h3-10H,2H2,1H3,(H,18,19). The maximum Gasteiger partial charge on any atom is 0.339 e. The molecule has 0 aliphatic rings. The van der Waals surface area contributed by atoms with Crippen LogP contribution in [0.25, 0.3) is 0 Å². The Balaban J connectivity index is 2.56. The van der Waals surface area contributed by atoms with Gasteiger partial charge in [0, 0.05) is 12.2 Å². The minimum Gasteiger partial charge on any atom is -0.478 e. The van der Waals surface area contributed by atoms with E-state index in [4.69, 9.17) is 11.6 Å². The number of carboxylic acid groups (broad SMARTS) is 1. The van der Waals surface area contributed by atoms with Gasteiger partial charge in [-0.25, -0.2) is 4.79 Å². The van der Waals surface area contributed by atoms with Crippen LogP contribution in [0.3, 0.4) is 0 Å². The van der Waals surface area contributed by atoms with Crippen LogP contribution >= 0.6 is 11.6 Å². The quantitative estimate of drug-likeness (QED) is 0.909. The van der Waals surface area contributed by atoms with Crippen molar-refractivity contribution in [3.05, 3.63) is 59.1 Å². The highest BCUT2D eigenvalue weighted by Gasteiger charge is 2.19. The molecule has 0 fully saturated rings. The maximum absolute atomic E-state index is 11.4. The van der Waals surface area contributed by atoms with Crippen LogP contribution in [0, 0.1) is 0 Å². The van der Waals surface area contributed by atoms with Gasteiger partial charge in [-0.2, -0.15) is 0 Å². The van der Waals surface area contributed by atoms with Crippen LogP contribution in [0.5, 0.6) is 0 Å². The van der Waals surface area contributed by atoms with Crippen molar-refractivity contribution in [2.24, 2.45) is 0 Å². The number of anilines is 2. The van der Waals surface area contributed by atoms with Gasteiger partial charge in [-0.3, -0.25) is 0 Å². The molecular formula is C15H14ClNO2. The molecule has 2 aromatic carbocycles. The number of carboxylic acids is 1. The molecule has 98 valence electrons. The lowest BCUT2D eigenvalue weighted by Gasteiger charge is -2.25. The molecule has 1 N–H and O–H groups in total. The summed E-state index contributed by atoms with van der Waals surface area (Å²) >= 11 is 6.01. The largest absolute Gasteiger partial charge is 0.478 e. The molecule has 19 heavy (non-hydrogen) atoms. The maximum atomic E-state index is 11.4. The van der Waals surface area contributed by atoms with E-state index in [0.29, 0.717) is 12.2 Å². The van der Waals surface area contributed by atoms with Gasteiger partial charge < -0.3 is 10.0 Å². The Morgan fingerprint density at radius 3 is 2.42 bits per heavy atom. The zero-order valence-corrected chi connectivity index (χ0v) is 11.3. The fraction of sp³-hybridized carbons (Fsp3) is 0.133. The van der Waals surface area contributed by atoms with Crippen molar-refractivity contribution in [2.75, 3.05) is 11.4 Å². The number of benzene rings is 2. The molecule has 0 saturated carbocycles. The van der Waals surface area contributed by atoms with Crippen molar-refractivity contribution in [2.45, 2.75) is 6.92 Å². The van der Waals surface area contributed by atoms with Crippen LogP contribution in [-0.4, -0.2) is 17.6 Å². The van der Waals surface area contributed by atoms with Crippen molar-refractivity contribution in [3.8, 4) is 0 Å². The predicted octanol–water partition coefficient (Wildman–Crippen LogP) is 4.20. The summed E-state index contributed by atoms with van der Waals surface area (Å²) < 4.78 is 0. The topological polar surface area (TPSA) is 40.5 Å². The number of nitrogens with zero attached hydrogens (tertiary/aromatic N) is 1. The lowest BCUT2D eigenvalue weighted by atomic mass is 10.1. The molecular weight excluding hydrogens is 262 g/mol. The van der Waals surface area contributed by atoms with Gasteiger partial charge in [-0.05, 0) is 31.2 Å². The summed E-state index contributed by atoms with van der Waals surface area (Å²) in [4.78, 5) is 13.3.